The Balaban J connectivity index is 2.37. The molecule has 1 aromatic rings. The van der Waals surface area contributed by atoms with Crippen molar-refractivity contribution in [2.45, 2.75) is 38.8 Å². The smallest absolute Gasteiger partial charge is 0.0607 e. The lowest BCUT2D eigenvalue weighted by molar-refractivity contribution is 0.306. The highest BCUT2D eigenvalue weighted by Crippen LogP contribution is 2.32. The summed E-state index contributed by atoms with van der Waals surface area (Å²) in [7, 11) is 4.24. The lowest BCUT2D eigenvalue weighted by atomic mass is 9.96. The Morgan fingerprint density at radius 3 is 2.63 bits per heavy atom. The molecule has 1 heterocycles. The zero-order valence-corrected chi connectivity index (χ0v) is 12.9. The first kappa shape index (κ1) is 14.2. The molecule has 3 heteroatoms. The van der Waals surface area contributed by atoms with Crippen molar-refractivity contribution in [1.29, 1.82) is 0 Å². The molecule has 0 radical (unpaired) electrons. The van der Waals surface area contributed by atoms with Crippen LogP contribution in [-0.4, -0.2) is 38.8 Å². The zero-order valence-electron chi connectivity index (χ0n) is 12.9. The lowest BCUT2D eigenvalue weighted by Gasteiger charge is -2.46. The van der Waals surface area contributed by atoms with Crippen molar-refractivity contribution in [3.63, 3.8) is 0 Å². The molecule has 1 N–H and O–H groups in total. The van der Waals surface area contributed by atoms with E-state index < -0.39 is 0 Å². The second-order valence-corrected chi connectivity index (χ2v) is 6.34. The lowest BCUT2D eigenvalue weighted by Crippen LogP contribution is -2.61. The van der Waals surface area contributed by atoms with Gasteiger partial charge in [0.25, 0.3) is 0 Å². The number of hydrogen-bond donors (Lipinski definition) is 1. The average Bonchev–Trinajstić information content (AvgIpc) is 2.37. The highest BCUT2D eigenvalue weighted by Gasteiger charge is 2.32. The highest BCUT2D eigenvalue weighted by molar-refractivity contribution is 5.71. The number of hydrogen-bond acceptors (Lipinski definition) is 3. The molecule has 2 rings (SSSR count). The van der Waals surface area contributed by atoms with Crippen LogP contribution in [-0.2, 0) is 0 Å². The van der Waals surface area contributed by atoms with Gasteiger partial charge >= 0.3 is 0 Å². The third-order valence-corrected chi connectivity index (χ3v) is 3.97. The molecule has 0 aromatic heterocycles. The minimum atomic E-state index is 0.172. The fourth-order valence-corrected chi connectivity index (χ4v) is 2.85. The van der Waals surface area contributed by atoms with Gasteiger partial charge < -0.3 is 15.1 Å². The topological polar surface area (TPSA) is 18.5 Å². The standard InChI is InChI=1S/C16H27N3/c1-6-13-11-17-16(2,3)12-19(13)15-10-8-7-9-14(15)18(4)5/h7-10,13,17H,6,11-12H2,1-5H3. The molecule has 1 unspecified atom stereocenters. The minimum absolute atomic E-state index is 0.172. The molecule has 0 aliphatic carbocycles. The number of para-hydroxylation sites is 2. The number of nitrogens with one attached hydrogen (secondary N) is 1. The van der Waals surface area contributed by atoms with Crippen LogP contribution in [0, 0.1) is 0 Å². The van der Waals surface area contributed by atoms with E-state index in [1.54, 1.807) is 0 Å². The quantitative estimate of drug-likeness (QED) is 0.902. The van der Waals surface area contributed by atoms with Crippen molar-refractivity contribution in [1.82, 2.24) is 5.32 Å². The van der Waals surface area contributed by atoms with Gasteiger partial charge in [0.15, 0.2) is 0 Å². The zero-order chi connectivity index (χ0) is 14.0. The van der Waals surface area contributed by atoms with Gasteiger partial charge in [-0.2, -0.15) is 0 Å². The fourth-order valence-electron chi connectivity index (χ4n) is 2.85. The van der Waals surface area contributed by atoms with E-state index in [0.717, 1.165) is 13.1 Å². The summed E-state index contributed by atoms with van der Waals surface area (Å²) in [4.78, 5) is 4.78. The van der Waals surface area contributed by atoms with Crippen LogP contribution in [0.3, 0.4) is 0 Å². The molecule has 1 atom stereocenters. The molecule has 0 bridgehead atoms. The van der Waals surface area contributed by atoms with Gasteiger partial charge in [0.05, 0.1) is 11.4 Å². The molecule has 106 valence electrons. The maximum Gasteiger partial charge on any atom is 0.0607 e. The van der Waals surface area contributed by atoms with Crippen LogP contribution >= 0.6 is 0 Å². The van der Waals surface area contributed by atoms with Gasteiger partial charge in [-0.3, -0.25) is 0 Å². The molecule has 1 aliphatic rings. The Morgan fingerprint density at radius 1 is 1.32 bits per heavy atom. The number of benzene rings is 1. The van der Waals surface area contributed by atoms with Crippen LogP contribution < -0.4 is 15.1 Å². The Kier molecular flexibility index (Phi) is 4.04. The van der Waals surface area contributed by atoms with Gasteiger partial charge in [-0.25, -0.2) is 0 Å². The van der Waals surface area contributed by atoms with Gasteiger partial charge in [0, 0.05) is 38.8 Å². The second kappa shape index (κ2) is 5.41. The monoisotopic (exact) mass is 261 g/mol. The Bertz CT molecular complexity index is 426. The van der Waals surface area contributed by atoms with E-state index in [2.05, 4.69) is 74.2 Å². The van der Waals surface area contributed by atoms with Crippen LogP contribution in [0.1, 0.15) is 27.2 Å². The van der Waals surface area contributed by atoms with Crippen LogP contribution in [0.15, 0.2) is 24.3 Å². The summed E-state index contributed by atoms with van der Waals surface area (Å²) >= 11 is 0. The fraction of sp³-hybridized carbons (Fsp3) is 0.625. The van der Waals surface area contributed by atoms with E-state index in [1.165, 1.54) is 17.8 Å². The molecule has 1 fully saturated rings. The van der Waals surface area contributed by atoms with Gasteiger partial charge in [0.1, 0.15) is 0 Å². The summed E-state index contributed by atoms with van der Waals surface area (Å²) in [6.45, 7) is 8.95. The van der Waals surface area contributed by atoms with Crippen molar-refractivity contribution in [3.8, 4) is 0 Å². The first-order valence-electron chi connectivity index (χ1n) is 7.22. The number of anilines is 2. The minimum Gasteiger partial charge on any atom is -0.376 e. The summed E-state index contributed by atoms with van der Waals surface area (Å²) in [6, 6.07) is 9.29. The summed E-state index contributed by atoms with van der Waals surface area (Å²) in [5.41, 5.74) is 2.83. The predicted molar refractivity (Wildman–Crippen MR) is 84.3 cm³/mol. The van der Waals surface area contributed by atoms with Crippen molar-refractivity contribution < 1.29 is 0 Å². The Labute approximate surface area is 117 Å². The third kappa shape index (κ3) is 3.03. The SMILES string of the molecule is CCC1CNC(C)(C)CN1c1ccccc1N(C)C. The summed E-state index contributed by atoms with van der Waals surface area (Å²) in [6.07, 6.45) is 1.17. The molecule has 19 heavy (non-hydrogen) atoms. The Hall–Kier alpha value is -1.22. The maximum atomic E-state index is 3.65. The Morgan fingerprint density at radius 2 is 2.00 bits per heavy atom. The number of piperazine rings is 1. The second-order valence-electron chi connectivity index (χ2n) is 6.34. The van der Waals surface area contributed by atoms with Crippen molar-refractivity contribution in [2.24, 2.45) is 0 Å². The van der Waals surface area contributed by atoms with Crippen molar-refractivity contribution >= 4 is 11.4 Å². The van der Waals surface area contributed by atoms with E-state index in [4.69, 9.17) is 0 Å². The van der Waals surface area contributed by atoms with Gasteiger partial charge in [0.2, 0.25) is 0 Å². The van der Waals surface area contributed by atoms with E-state index in [9.17, 15) is 0 Å². The highest BCUT2D eigenvalue weighted by atomic mass is 15.3. The summed E-state index contributed by atoms with van der Waals surface area (Å²) in [5, 5.41) is 3.65. The summed E-state index contributed by atoms with van der Waals surface area (Å²) < 4.78 is 0. The molecular weight excluding hydrogens is 234 g/mol. The van der Waals surface area contributed by atoms with E-state index in [-0.39, 0.29) is 5.54 Å². The molecule has 3 nitrogen and oxygen atoms in total. The van der Waals surface area contributed by atoms with Crippen molar-refractivity contribution in [2.75, 3.05) is 37.0 Å². The van der Waals surface area contributed by atoms with E-state index >= 15 is 0 Å². The predicted octanol–water partition coefficient (Wildman–Crippen LogP) is 2.72. The molecule has 1 aromatic carbocycles. The van der Waals surface area contributed by atoms with Crippen LogP contribution in [0.25, 0.3) is 0 Å². The van der Waals surface area contributed by atoms with E-state index in [0.29, 0.717) is 6.04 Å². The number of rotatable bonds is 3. The number of nitrogens with zero attached hydrogens (tertiary/aromatic N) is 2. The third-order valence-electron chi connectivity index (χ3n) is 3.97. The summed E-state index contributed by atoms with van der Waals surface area (Å²) in [5.74, 6) is 0. The average molecular weight is 261 g/mol. The normalized spacial score (nSPS) is 22.4. The van der Waals surface area contributed by atoms with Gasteiger partial charge in [-0.15, -0.1) is 0 Å². The van der Waals surface area contributed by atoms with E-state index in [1.807, 2.05) is 0 Å². The molecule has 0 amide bonds. The van der Waals surface area contributed by atoms with Crippen LogP contribution in [0.4, 0.5) is 11.4 Å². The van der Waals surface area contributed by atoms with Crippen LogP contribution in [0.2, 0.25) is 0 Å². The van der Waals surface area contributed by atoms with Crippen LogP contribution in [0.5, 0.6) is 0 Å². The van der Waals surface area contributed by atoms with Crippen molar-refractivity contribution in [3.05, 3.63) is 24.3 Å². The molecule has 1 saturated heterocycles. The maximum absolute atomic E-state index is 3.65. The first-order valence-corrected chi connectivity index (χ1v) is 7.22. The molecule has 1 aliphatic heterocycles. The van der Waals surface area contributed by atoms with Gasteiger partial charge in [-0.1, -0.05) is 19.1 Å². The first-order chi connectivity index (χ1) is 8.94. The van der Waals surface area contributed by atoms with Gasteiger partial charge in [-0.05, 0) is 32.4 Å². The molecule has 0 spiro atoms. The molecular formula is C16H27N3. The molecule has 0 saturated carbocycles. The largest absolute Gasteiger partial charge is 0.376 e.